The van der Waals surface area contributed by atoms with Crippen molar-refractivity contribution in [1.82, 2.24) is 0 Å². The number of benzene rings is 8. The summed E-state index contributed by atoms with van der Waals surface area (Å²) in [6.07, 6.45) is 0. The molecule has 9 rings (SSSR count). The van der Waals surface area contributed by atoms with Crippen molar-refractivity contribution in [2.45, 2.75) is 0 Å². The van der Waals surface area contributed by atoms with E-state index in [-0.39, 0.29) is 0 Å². The maximum atomic E-state index is 6.59. The molecule has 190 valence electrons. The highest BCUT2D eigenvalue weighted by Crippen LogP contribution is 2.46. The summed E-state index contributed by atoms with van der Waals surface area (Å²) in [5.74, 6) is 0. The van der Waals surface area contributed by atoms with Gasteiger partial charge in [0.2, 0.25) is 0 Å². The first-order chi connectivity index (χ1) is 20.3. The number of furan rings is 1. The molecule has 1 heterocycles. The number of hydrogen-bond acceptors (Lipinski definition) is 1. The van der Waals surface area contributed by atoms with Gasteiger partial charge in [0.1, 0.15) is 11.2 Å². The second kappa shape index (κ2) is 8.55. The summed E-state index contributed by atoms with van der Waals surface area (Å²) >= 11 is 0. The third-order valence-electron chi connectivity index (χ3n) is 8.65. The lowest BCUT2D eigenvalue weighted by molar-refractivity contribution is 0.670. The fourth-order valence-electron chi connectivity index (χ4n) is 6.80. The van der Waals surface area contributed by atoms with Crippen LogP contribution < -0.4 is 0 Å². The largest absolute Gasteiger partial charge is 0.455 e. The maximum absolute atomic E-state index is 6.59. The van der Waals surface area contributed by atoms with E-state index < -0.39 is 0 Å². The quantitative estimate of drug-likeness (QED) is 0.211. The Morgan fingerprint density at radius 2 is 0.829 bits per heavy atom. The highest BCUT2D eigenvalue weighted by atomic mass is 16.3. The highest BCUT2D eigenvalue weighted by Gasteiger charge is 2.20. The van der Waals surface area contributed by atoms with Gasteiger partial charge in [0.05, 0.1) is 0 Å². The molecule has 41 heavy (non-hydrogen) atoms. The van der Waals surface area contributed by atoms with Gasteiger partial charge in [0.15, 0.2) is 0 Å². The van der Waals surface area contributed by atoms with Gasteiger partial charge in [-0.15, -0.1) is 0 Å². The monoisotopic (exact) mass is 520 g/mol. The Balaban J connectivity index is 1.39. The van der Waals surface area contributed by atoms with Gasteiger partial charge >= 0.3 is 0 Å². The minimum atomic E-state index is 0.914. The number of para-hydroxylation sites is 1. The van der Waals surface area contributed by atoms with Crippen LogP contribution in [0.25, 0.3) is 87.6 Å². The molecule has 1 heteroatoms. The van der Waals surface area contributed by atoms with Crippen LogP contribution in [0.2, 0.25) is 0 Å². The predicted molar refractivity (Wildman–Crippen MR) is 174 cm³/mol. The Bertz CT molecular complexity index is 2400. The van der Waals surface area contributed by atoms with Gasteiger partial charge in [-0.3, -0.25) is 0 Å². The Kier molecular flexibility index (Phi) is 4.67. The van der Waals surface area contributed by atoms with Crippen LogP contribution in [0.3, 0.4) is 0 Å². The fourth-order valence-corrected chi connectivity index (χ4v) is 6.80. The molecule has 0 saturated carbocycles. The molecular formula is C40H24O. The van der Waals surface area contributed by atoms with E-state index in [1.807, 2.05) is 6.07 Å². The van der Waals surface area contributed by atoms with Crippen LogP contribution in [-0.4, -0.2) is 0 Å². The van der Waals surface area contributed by atoms with Crippen LogP contribution in [0.1, 0.15) is 0 Å². The predicted octanol–water partition coefficient (Wildman–Crippen LogP) is 11.5. The summed E-state index contributed by atoms with van der Waals surface area (Å²) in [4.78, 5) is 0. The van der Waals surface area contributed by atoms with Crippen LogP contribution >= 0.6 is 0 Å². The van der Waals surface area contributed by atoms with Crippen LogP contribution in [0.5, 0.6) is 0 Å². The second-order valence-electron chi connectivity index (χ2n) is 10.8. The molecule has 1 aromatic heterocycles. The van der Waals surface area contributed by atoms with Crippen LogP contribution in [0.4, 0.5) is 0 Å². The minimum absolute atomic E-state index is 0.914. The van der Waals surface area contributed by atoms with E-state index >= 15 is 0 Å². The summed E-state index contributed by atoms with van der Waals surface area (Å²) < 4.78 is 6.59. The zero-order valence-electron chi connectivity index (χ0n) is 22.3. The molecule has 0 aliphatic heterocycles. The van der Waals surface area contributed by atoms with E-state index in [0.717, 1.165) is 27.7 Å². The van der Waals surface area contributed by atoms with Crippen molar-refractivity contribution in [1.29, 1.82) is 0 Å². The summed E-state index contributed by atoms with van der Waals surface area (Å²) in [5, 5.41) is 10.1. The Morgan fingerprint density at radius 1 is 0.317 bits per heavy atom. The first kappa shape index (κ1) is 22.4. The molecule has 8 aromatic carbocycles. The van der Waals surface area contributed by atoms with Crippen LogP contribution in [0.15, 0.2) is 150 Å². The lowest BCUT2D eigenvalue weighted by atomic mass is 9.86. The Hall–Kier alpha value is -5.40. The third-order valence-corrected chi connectivity index (χ3v) is 8.65. The minimum Gasteiger partial charge on any atom is -0.455 e. The molecule has 1 nitrogen and oxygen atoms in total. The van der Waals surface area contributed by atoms with Crippen molar-refractivity contribution < 1.29 is 4.42 Å². The molecule has 9 aromatic rings. The molecule has 0 atom stereocenters. The van der Waals surface area contributed by atoms with Gasteiger partial charge in [0.25, 0.3) is 0 Å². The van der Waals surface area contributed by atoms with E-state index in [9.17, 15) is 0 Å². The lowest BCUT2D eigenvalue weighted by Gasteiger charge is -2.17. The molecule has 0 saturated heterocycles. The van der Waals surface area contributed by atoms with Crippen LogP contribution in [0, 0.1) is 0 Å². The molecule has 0 spiro atoms. The molecule has 0 radical (unpaired) electrons. The molecule has 0 unspecified atom stereocenters. The van der Waals surface area contributed by atoms with Crippen molar-refractivity contribution in [3.05, 3.63) is 146 Å². The highest BCUT2D eigenvalue weighted by molar-refractivity contribution is 6.29. The molecule has 0 N–H and O–H groups in total. The summed E-state index contributed by atoms with van der Waals surface area (Å²) in [6, 6.07) is 52.4. The summed E-state index contributed by atoms with van der Waals surface area (Å²) in [7, 11) is 0. The van der Waals surface area contributed by atoms with Crippen LogP contribution in [-0.2, 0) is 0 Å². The molecule has 0 aliphatic rings. The van der Waals surface area contributed by atoms with Crippen molar-refractivity contribution in [3.8, 4) is 33.4 Å². The molecule has 0 aliphatic carbocycles. The van der Waals surface area contributed by atoms with Crippen molar-refractivity contribution >= 4 is 54.3 Å². The van der Waals surface area contributed by atoms with Gasteiger partial charge in [-0.25, -0.2) is 0 Å². The summed E-state index contributed by atoms with van der Waals surface area (Å²) in [5.41, 5.74) is 9.07. The number of rotatable bonds is 3. The average Bonchev–Trinajstić information content (AvgIpc) is 3.44. The number of hydrogen-bond donors (Lipinski definition) is 0. The van der Waals surface area contributed by atoms with Crippen molar-refractivity contribution in [3.63, 3.8) is 0 Å². The Labute approximate surface area is 237 Å². The Morgan fingerprint density at radius 3 is 1.54 bits per heavy atom. The molecule has 0 amide bonds. The molecule has 0 fully saturated rings. The zero-order chi connectivity index (χ0) is 26.9. The normalized spacial score (nSPS) is 11.9. The topological polar surface area (TPSA) is 13.1 Å². The van der Waals surface area contributed by atoms with Gasteiger partial charge in [-0.1, -0.05) is 133 Å². The third kappa shape index (κ3) is 3.24. The second-order valence-corrected chi connectivity index (χ2v) is 10.8. The van der Waals surface area contributed by atoms with Gasteiger partial charge < -0.3 is 4.42 Å². The van der Waals surface area contributed by atoms with E-state index in [1.54, 1.807) is 0 Å². The first-order valence-corrected chi connectivity index (χ1v) is 14.1. The van der Waals surface area contributed by atoms with Crippen molar-refractivity contribution in [2.24, 2.45) is 0 Å². The smallest absolute Gasteiger partial charge is 0.143 e. The fraction of sp³-hybridized carbons (Fsp3) is 0. The van der Waals surface area contributed by atoms with Gasteiger partial charge in [0, 0.05) is 16.3 Å². The summed E-state index contributed by atoms with van der Waals surface area (Å²) in [6.45, 7) is 0. The first-order valence-electron chi connectivity index (χ1n) is 14.1. The number of fused-ring (bicyclic) bond motifs is 3. The van der Waals surface area contributed by atoms with Crippen molar-refractivity contribution in [2.75, 3.05) is 0 Å². The zero-order valence-corrected chi connectivity index (χ0v) is 22.3. The average molecular weight is 521 g/mol. The maximum Gasteiger partial charge on any atom is 0.143 e. The SMILES string of the molecule is c1ccc(-c2ccc3ccc4c(-c5ccc(-c6ccccc6)c6oc7ccccc7c56)ccc5ccc2c3c54)cc1. The van der Waals surface area contributed by atoms with Gasteiger partial charge in [-0.05, 0) is 72.3 Å². The molecule has 0 bridgehead atoms. The van der Waals surface area contributed by atoms with E-state index in [4.69, 9.17) is 4.42 Å². The van der Waals surface area contributed by atoms with Gasteiger partial charge in [-0.2, -0.15) is 0 Å². The lowest BCUT2D eigenvalue weighted by Crippen LogP contribution is -1.90. The van der Waals surface area contributed by atoms with E-state index in [0.29, 0.717) is 0 Å². The van der Waals surface area contributed by atoms with E-state index in [1.165, 1.54) is 60.0 Å². The standard InChI is InChI=1S/C40H24O/c1-3-9-25(10-4-1)29-19-15-27-18-22-33-31(20-16-28-17-21-32(29)37(27)38(28)33)34-24-23-30(26-11-5-2-6-12-26)40-39(34)35-13-7-8-14-36(35)41-40/h1-24H. The van der Waals surface area contributed by atoms with E-state index in [2.05, 4.69) is 140 Å². The molecular weight excluding hydrogens is 496 g/mol.